The number of rotatable bonds is 5. The normalized spacial score (nSPS) is 16.4. The number of hydrogen-bond acceptors (Lipinski definition) is 3. The van der Waals surface area contributed by atoms with Crippen LogP contribution >= 0.6 is 0 Å². The van der Waals surface area contributed by atoms with Gasteiger partial charge in [0.2, 0.25) is 5.96 Å². The lowest BCUT2D eigenvalue weighted by molar-refractivity contribution is -0.305. The molecule has 5 heteroatoms. The monoisotopic (exact) mass is 353 g/mol. The molecule has 1 fully saturated rings. The van der Waals surface area contributed by atoms with Crippen molar-refractivity contribution in [2.24, 2.45) is 4.99 Å². The first-order valence-corrected chi connectivity index (χ1v) is 9.12. The number of aryl methyl sites for hydroxylation is 3. The lowest BCUT2D eigenvalue weighted by Gasteiger charge is -2.22. The Morgan fingerprint density at radius 2 is 1.88 bits per heavy atom. The van der Waals surface area contributed by atoms with E-state index in [0.29, 0.717) is 13.3 Å². The number of hydrogen-bond donors (Lipinski definition) is 1. The molecule has 0 aromatic heterocycles. The van der Waals surface area contributed by atoms with Crippen molar-refractivity contribution >= 4 is 11.6 Å². The molecule has 3 rings (SSSR count). The first-order chi connectivity index (χ1) is 12.7. The van der Waals surface area contributed by atoms with Crippen LogP contribution in [0.15, 0.2) is 47.5 Å². The van der Waals surface area contributed by atoms with Gasteiger partial charge in [0.25, 0.3) is 0 Å². The molecule has 0 spiro atoms. The van der Waals surface area contributed by atoms with Crippen LogP contribution in [-0.4, -0.2) is 24.3 Å². The minimum Gasteiger partial charge on any atom is -0.330 e. The van der Waals surface area contributed by atoms with E-state index >= 15 is 0 Å². The fourth-order valence-corrected chi connectivity index (χ4v) is 2.98. The number of guanidine groups is 1. The van der Waals surface area contributed by atoms with Gasteiger partial charge in [-0.1, -0.05) is 49.2 Å². The minimum absolute atomic E-state index is 0.274. The molecule has 0 bridgehead atoms. The molecule has 2 aromatic carbocycles. The van der Waals surface area contributed by atoms with Gasteiger partial charge in [0.15, 0.2) is 13.5 Å². The molecule has 0 aliphatic carbocycles. The van der Waals surface area contributed by atoms with Crippen LogP contribution in [0.1, 0.15) is 35.6 Å². The van der Waals surface area contributed by atoms with Gasteiger partial charge in [0, 0.05) is 6.54 Å². The summed E-state index contributed by atoms with van der Waals surface area (Å²) in [6.07, 6.45) is 2.25. The van der Waals surface area contributed by atoms with Crippen molar-refractivity contribution in [2.45, 2.75) is 40.2 Å². The molecule has 1 aliphatic rings. The van der Waals surface area contributed by atoms with Gasteiger partial charge >= 0.3 is 0 Å². The third kappa shape index (κ3) is 4.84. The number of benzene rings is 2. The molecule has 26 heavy (non-hydrogen) atoms. The molecular weight excluding hydrogens is 326 g/mol. The Morgan fingerprint density at radius 3 is 2.62 bits per heavy atom. The van der Waals surface area contributed by atoms with Crippen molar-refractivity contribution in [3.8, 4) is 0 Å². The van der Waals surface area contributed by atoms with Crippen molar-refractivity contribution in [3.05, 3.63) is 64.7 Å². The Morgan fingerprint density at radius 1 is 1.08 bits per heavy atom. The lowest BCUT2D eigenvalue weighted by atomic mass is 10.0. The highest BCUT2D eigenvalue weighted by Crippen LogP contribution is 2.20. The summed E-state index contributed by atoms with van der Waals surface area (Å²) in [6, 6.07) is 14.9. The average Bonchev–Trinajstić information content (AvgIpc) is 2.85. The first kappa shape index (κ1) is 18.4. The van der Waals surface area contributed by atoms with E-state index in [1.54, 1.807) is 0 Å². The third-order valence-corrected chi connectivity index (χ3v) is 4.46. The molecule has 1 aliphatic heterocycles. The van der Waals surface area contributed by atoms with Gasteiger partial charge in [-0.3, -0.25) is 0 Å². The quantitative estimate of drug-likeness (QED) is 0.818. The van der Waals surface area contributed by atoms with Crippen LogP contribution in [0, 0.1) is 13.8 Å². The molecule has 0 radical (unpaired) electrons. The van der Waals surface area contributed by atoms with E-state index in [0.717, 1.165) is 24.5 Å². The van der Waals surface area contributed by atoms with Gasteiger partial charge in [-0.05, 0) is 49.1 Å². The molecule has 0 unspecified atom stereocenters. The molecule has 0 saturated carbocycles. The van der Waals surface area contributed by atoms with Crippen LogP contribution in [0.25, 0.3) is 0 Å². The van der Waals surface area contributed by atoms with Crippen molar-refractivity contribution in [1.29, 1.82) is 0 Å². The van der Waals surface area contributed by atoms with Gasteiger partial charge < -0.3 is 10.2 Å². The second-order valence-corrected chi connectivity index (χ2v) is 6.67. The molecule has 2 aromatic rings. The number of nitrogens with one attached hydrogen (secondary N) is 1. The number of aliphatic imine (C=N–C) groups is 1. The van der Waals surface area contributed by atoms with Crippen LogP contribution in [0.3, 0.4) is 0 Å². The standard InChI is InChI=1S/C21H27N3O2/c1-4-5-19-10-11-20(12-17(19)3)23-21-22-14-25-26-15-24(21)13-18-8-6-16(2)7-9-18/h6-12H,4-5,13-15H2,1-3H3,(H,22,23). The Labute approximate surface area is 155 Å². The summed E-state index contributed by atoms with van der Waals surface area (Å²) in [5.74, 6) is 0.755. The predicted molar refractivity (Wildman–Crippen MR) is 104 cm³/mol. The highest BCUT2D eigenvalue weighted by Gasteiger charge is 2.16. The fraction of sp³-hybridized carbons (Fsp3) is 0.381. The highest BCUT2D eigenvalue weighted by molar-refractivity contribution is 5.82. The summed E-state index contributed by atoms with van der Waals surface area (Å²) in [5, 5.41) is 3.20. The van der Waals surface area contributed by atoms with E-state index in [-0.39, 0.29) is 6.73 Å². The maximum atomic E-state index is 5.23. The van der Waals surface area contributed by atoms with Gasteiger partial charge in [-0.25, -0.2) is 14.8 Å². The zero-order valence-corrected chi connectivity index (χ0v) is 15.8. The Hall–Kier alpha value is -2.37. The topological polar surface area (TPSA) is 46.1 Å². The average molecular weight is 353 g/mol. The molecule has 1 heterocycles. The lowest BCUT2D eigenvalue weighted by Crippen LogP contribution is -2.39. The van der Waals surface area contributed by atoms with Crippen LogP contribution in [0.5, 0.6) is 0 Å². The summed E-state index contributed by atoms with van der Waals surface area (Å²) in [5.41, 5.74) is 6.04. The van der Waals surface area contributed by atoms with E-state index < -0.39 is 0 Å². The van der Waals surface area contributed by atoms with E-state index in [4.69, 9.17) is 14.8 Å². The summed E-state index contributed by atoms with van der Waals surface area (Å²) >= 11 is 0. The van der Waals surface area contributed by atoms with Gasteiger partial charge in [0.05, 0.1) is 5.69 Å². The fourth-order valence-electron chi connectivity index (χ4n) is 2.98. The molecule has 0 amide bonds. The second-order valence-electron chi connectivity index (χ2n) is 6.67. The van der Waals surface area contributed by atoms with E-state index in [2.05, 4.69) is 68.6 Å². The van der Waals surface area contributed by atoms with Crippen molar-refractivity contribution in [2.75, 3.05) is 13.5 Å². The van der Waals surface area contributed by atoms with Gasteiger partial charge in [-0.2, -0.15) is 0 Å². The predicted octanol–water partition coefficient (Wildman–Crippen LogP) is 4.21. The van der Waals surface area contributed by atoms with Crippen LogP contribution < -0.4 is 5.32 Å². The van der Waals surface area contributed by atoms with E-state index in [1.807, 2.05) is 4.90 Å². The summed E-state index contributed by atoms with van der Waals surface area (Å²) in [4.78, 5) is 17.2. The van der Waals surface area contributed by atoms with E-state index in [9.17, 15) is 0 Å². The zero-order chi connectivity index (χ0) is 18.4. The molecule has 5 nitrogen and oxygen atoms in total. The van der Waals surface area contributed by atoms with Crippen LogP contribution in [0.4, 0.5) is 5.69 Å². The van der Waals surface area contributed by atoms with E-state index in [1.165, 1.54) is 22.3 Å². The van der Waals surface area contributed by atoms with Gasteiger partial charge in [0.1, 0.15) is 0 Å². The second kappa shape index (κ2) is 8.83. The first-order valence-electron chi connectivity index (χ1n) is 9.12. The molecular formula is C21H27N3O2. The van der Waals surface area contributed by atoms with Crippen LogP contribution in [0.2, 0.25) is 0 Å². The van der Waals surface area contributed by atoms with Crippen molar-refractivity contribution < 1.29 is 9.78 Å². The smallest absolute Gasteiger partial charge is 0.203 e. The highest BCUT2D eigenvalue weighted by atomic mass is 17.2. The van der Waals surface area contributed by atoms with Gasteiger partial charge in [-0.15, -0.1) is 0 Å². The largest absolute Gasteiger partial charge is 0.330 e. The maximum absolute atomic E-state index is 5.23. The Kier molecular flexibility index (Phi) is 6.26. The number of nitrogens with zero attached hydrogens (tertiary/aromatic N) is 2. The zero-order valence-electron chi connectivity index (χ0n) is 15.8. The summed E-state index contributed by atoms with van der Waals surface area (Å²) in [6.45, 7) is 7.73. The summed E-state index contributed by atoms with van der Waals surface area (Å²) < 4.78 is 0. The maximum Gasteiger partial charge on any atom is 0.203 e. The third-order valence-electron chi connectivity index (χ3n) is 4.46. The molecule has 0 atom stereocenters. The summed E-state index contributed by atoms with van der Waals surface area (Å²) in [7, 11) is 0. The Bertz CT molecular complexity index is 756. The molecule has 138 valence electrons. The van der Waals surface area contributed by atoms with Crippen molar-refractivity contribution in [3.63, 3.8) is 0 Å². The Balaban J connectivity index is 1.82. The SMILES string of the molecule is CCCc1ccc(/N=C2\NCOOCN2Cc2ccc(C)cc2)cc1C. The molecule has 1 N–H and O–H groups in total. The van der Waals surface area contributed by atoms with Crippen molar-refractivity contribution in [1.82, 2.24) is 10.2 Å². The van der Waals surface area contributed by atoms with Crippen LogP contribution in [-0.2, 0) is 22.7 Å². The molecule has 1 saturated heterocycles. The minimum atomic E-state index is 0.274.